The molecule has 1 saturated carbocycles. The summed E-state index contributed by atoms with van der Waals surface area (Å²) in [6, 6.07) is 0. The number of anilines is 2. The quantitative estimate of drug-likeness (QED) is 0.868. The van der Waals surface area contributed by atoms with Gasteiger partial charge in [-0.25, -0.2) is 4.98 Å². The summed E-state index contributed by atoms with van der Waals surface area (Å²) in [5, 5.41) is 3.32. The Morgan fingerprint density at radius 2 is 2.14 bits per heavy atom. The monoisotopic (exact) mass is 305 g/mol. The predicted octanol–water partition coefficient (Wildman–Crippen LogP) is 1.73. The van der Waals surface area contributed by atoms with E-state index >= 15 is 0 Å². The first-order chi connectivity index (χ1) is 10.2. The zero-order valence-corrected chi connectivity index (χ0v) is 12.8. The first-order valence-electron chi connectivity index (χ1n) is 7.00. The van der Waals surface area contributed by atoms with E-state index in [4.69, 9.17) is 5.73 Å². The third-order valence-electron chi connectivity index (χ3n) is 3.89. The summed E-state index contributed by atoms with van der Waals surface area (Å²) < 4.78 is 2.00. The molecule has 3 N–H and O–H groups in total. The van der Waals surface area contributed by atoms with Gasteiger partial charge < -0.3 is 11.1 Å². The van der Waals surface area contributed by atoms with Gasteiger partial charge in [0.25, 0.3) is 0 Å². The number of nitrogen functional groups attached to an aromatic ring is 1. The van der Waals surface area contributed by atoms with Crippen LogP contribution in [-0.2, 0) is 0 Å². The van der Waals surface area contributed by atoms with Crippen LogP contribution in [0.3, 0.4) is 0 Å². The molecule has 2 heterocycles. The molecule has 1 aliphatic carbocycles. The number of nitrogens with zero attached hydrogens (tertiary/aromatic N) is 5. The van der Waals surface area contributed by atoms with Crippen molar-refractivity contribution in [2.45, 2.75) is 30.4 Å². The van der Waals surface area contributed by atoms with E-state index in [0.717, 1.165) is 6.54 Å². The SMILES string of the molecule is CSC1(CNc2nc(N)nc(-n3ccnc3)n2)CCCC1. The number of nitrogens with two attached hydrogens (primary N) is 1. The smallest absolute Gasteiger partial charge is 0.241 e. The van der Waals surface area contributed by atoms with Crippen molar-refractivity contribution in [2.75, 3.05) is 23.9 Å². The third kappa shape index (κ3) is 3.10. The van der Waals surface area contributed by atoms with Crippen LogP contribution in [0.5, 0.6) is 0 Å². The Morgan fingerprint density at radius 3 is 2.81 bits per heavy atom. The van der Waals surface area contributed by atoms with Crippen LogP contribution in [-0.4, -0.2) is 42.1 Å². The molecule has 0 saturated heterocycles. The minimum Gasteiger partial charge on any atom is -0.368 e. The highest BCUT2D eigenvalue weighted by atomic mass is 32.2. The van der Waals surface area contributed by atoms with Gasteiger partial charge >= 0.3 is 0 Å². The molecule has 112 valence electrons. The maximum Gasteiger partial charge on any atom is 0.241 e. The molecular weight excluding hydrogens is 286 g/mol. The van der Waals surface area contributed by atoms with Gasteiger partial charge in [-0.3, -0.25) is 4.57 Å². The maximum absolute atomic E-state index is 5.77. The van der Waals surface area contributed by atoms with E-state index < -0.39 is 0 Å². The van der Waals surface area contributed by atoms with Crippen molar-refractivity contribution in [1.29, 1.82) is 0 Å². The van der Waals surface area contributed by atoms with E-state index in [0.29, 0.717) is 11.9 Å². The maximum atomic E-state index is 5.77. The summed E-state index contributed by atoms with van der Waals surface area (Å²) in [6.07, 6.45) is 12.3. The van der Waals surface area contributed by atoms with Crippen LogP contribution < -0.4 is 11.1 Å². The van der Waals surface area contributed by atoms with E-state index in [2.05, 4.69) is 31.5 Å². The van der Waals surface area contributed by atoms with Gasteiger partial charge in [0.2, 0.25) is 17.8 Å². The van der Waals surface area contributed by atoms with Gasteiger partial charge in [0, 0.05) is 23.7 Å². The van der Waals surface area contributed by atoms with Crippen LogP contribution in [0.15, 0.2) is 18.7 Å². The van der Waals surface area contributed by atoms with Gasteiger partial charge in [0.1, 0.15) is 6.33 Å². The standard InChI is InChI=1S/C13H19N7S/c1-21-13(4-2-3-5-13)8-16-11-17-10(14)18-12(19-11)20-7-6-15-9-20/h6-7,9H,2-5,8H2,1H3,(H3,14,16,17,18,19). The Kier molecular flexibility index (Phi) is 3.96. The Labute approximate surface area is 127 Å². The molecule has 0 unspecified atom stereocenters. The van der Waals surface area contributed by atoms with Crippen molar-refractivity contribution in [1.82, 2.24) is 24.5 Å². The third-order valence-corrected chi connectivity index (χ3v) is 5.31. The second-order valence-corrected chi connectivity index (χ2v) is 6.51. The van der Waals surface area contributed by atoms with Gasteiger partial charge in [-0.15, -0.1) is 0 Å². The van der Waals surface area contributed by atoms with Crippen molar-refractivity contribution < 1.29 is 0 Å². The van der Waals surface area contributed by atoms with Gasteiger partial charge in [-0.05, 0) is 19.1 Å². The zero-order chi connectivity index (χ0) is 14.7. The van der Waals surface area contributed by atoms with Crippen LogP contribution in [0.4, 0.5) is 11.9 Å². The van der Waals surface area contributed by atoms with Crippen LogP contribution in [0, 0.1) is 0 Å². The number of imidazole rings is 1. The molecule has 0 amide bonds. The molecular formula is C13H19N7S. The number of thioether (sulfide) groups is 1. The summed E-state index contributed by atoms with van der Waals surface area (Å²) in [7, 11) is 0. The summed E-state index contributed by atoms with van der Waals surface area (Å²) in [5.41, 5.74) is 5.77. The lowest BCUT2D eigenvalue weighted by Crippen LogP contribution is -2.30. The molecule has 0 spiro atoms. The molecule has 1 fully saturated rings. The lowest BCUT2D eigenvalue weighted by Gasteiger charge is -2.26. The van der Waals surface area contributed by atoms with Crippen molar-refractivity contribution in [3.8, 4) is 5.95 Å². The average molecular weight is 305 g/mol. The topological polar surface area (TPSA) is 94.5 Å². The fourth-order valence-electron chi connectivity index (χ4n) is 2.67. The zero-order valence-electron chi connectivity index (χ0n) is 12.0. The highest BCUT2D eigenvalue weighted by molar-refractivity contribution is 8.00. The van der Waals surface area contributed by atoms with Crippen molar-refractivity contribution in [3.63, 3.8) is 0 Å². The minimum absolute atomic E-state index is 0.209. The van der Waals surface area contributed by atoms with Gasteiger partial charge in [-0.2, -0.15) is 26.7 Å². The molecule has 1 aliphatic rings. The summed E-state index contributed by atoms with van der Waals surface area (Å²) >= 11 is 1.93. The largest absolute Gasteiger partial charge is 0.368 e. The fraction of sp³-hybridized carbons (Fsp3) is 0.538. The Bertz CT molecular complexity index is 593. The summed E-state index contributed by atoms with van der Waals surface area (Å²) in [6.45, 7) is 0.848. The molecule has 2 aromatic rings. The first-order valence-corrected chi connectivity index (χ1v) is 8.22. The number of aromatic nitrogens is 5. The predicted molar refractivity (Wildman–Crippen MR) is 84.6 cm³/mol. The van der Waals surface area contributed by atoms with Crippen molar-refractivity contribution >= 4 is 23.7 Å². The molecule has 0 bridgehead atoms. The minimum atomic E-state index is 0.209. The summed E-state index contributed by atoms with van der Waals surface area (Å²) in [5.74, 6) is 1.21. The molecule has 21 heavy (non-hydrogen) atoms. The molecule has 3 rings (SSSR count). The van der Waals surface area contributed by atoms with Crippen molar-refractivity contribution in [2.24, 2.45) is 0 Å². The van der Waals surface area contributed by atoms with E-state index in [9.17, 15) is 0 Å². The van der Waals surface area contributed by atoms with Crippen molar-refractivity contribution in [3.05, 3.63) is 18.7 Å². The first kappa shape index (κ1) is 14.1. The fourth-order valence-corrected chi connectivity index (χ4v) is 3.58. The molecule has 2 aromatic heterocycles. The lowest BCUT2D eigenvalue weighted by atomic mass is 10.1. The van der Waals surface area contributed by atoms with E-state index in [-0.39, 0.29) is 10.7 Å². The second kappa shape index (κ2) is 5.88. The average Bonchev–Trinajstić information content (AvgIpc) is 3.17. The number of rotatable bonds is 5. The Hall–Kier alpha value is -1.83. The van der Waals surface area contributed by atoms with Gasteiger partial charge in [-0.1, -0.05) is 12.8 Å². The lowest BCUT2D eigenvalue weighted by molar-refractivity contribution is 0.636. The molecule has 7 nitrogen and oxygen atoms in total. The van der Waals surface area contributed by atoms with E-state index in [1.807, 2.05) is 11.8 Å². The highest BCUT2D eigenvalue weighted by Crippen LogP contribution is 2.40. The Morgan fingerprint density at radius 1 is 1.33 bits per heavy atom. The van der Waals surface area contributed by atoms with Gasteiger partial charge in [0.15, 0.2) is 0 Å². The van der Waals surface area contributed by atoms with Gasteiger partial charge in [0.05, 0.1) is 0 Å². The van der Waals surface area contributed by atoms with E-state index in [1.165, 1.54) is 25.7 Å². The Balaban J connectivity index is 1.76. The molecule has 0 atom stereocenters. The van der Waals surface area contributed by atoms with Crippen LogP contribution >= 0.6 is 11.8 Å². The summed E-state index contributed by atoms with van der Waals surface area (Å²) in [4.78, 5) is 16.7. The van der Waals surface area contributed by atoms with Crippen LogP contribution in [0.2, 0.25) is 0 Å². The molecule has 0 aliphatic heterocycles. The normalized spacial score (nSPS) is 17.0. The molecule has 0 aromatic carbocycles. The molecule has 8 heteroatoms. The second-order valence-electron chi connectivity index (χ2n) is 5.23. The van der Waals surface area contributed by atoms with Crippen LogP contribution in [0.25, 0.3) is 5.95 Å². The van der Waals surface area contributed by atoms with E-state index in [1.54, 1.807) is 23.3 Å². The highest BCUT2D eigenvalue weighted by Gasteiger charge is 2.32. The molecule has 0 radical (unpaired) electrons. The number of hydrogen-bond acceptors (Lipinski definition) is 7. The van der Waals surface area contributed by atoms with Crippen LogP contribution in [0.1, 0.15) is 25.7 Å². The number of hydrogen-bond donors (Lipinski definition) is 2. The number of nitrogens with one attached hydrogen (secondary N) is 1.